The molecule has 1 aromatic carbocycles. The minimum atomic E-state index is -0.361. The van der Waals surface area contributed by atoms with E-state index in [0.717, 1.165) is 26.8 Å². The van der Waals surface area contributed by atoms with Crippen molar-refractivity contribution >= 4 is 26.9 Å². The van der Waals surface area contributed by atoms with Crippen LogP contribution in [0.3, 0.4) is 0 Å². The van der Waals surface area contributed by atoms with Crippen molar-refractivity contribution < 1.29 is 8.81 Å². The van der Waals surface area contributed by atoms with Gasteiger partial charge in [-0.1, -0.05) is 12.1 Å². The zero-order chi connectivity index (χ0) is 14.1. The summed E-state index contributed by atoms with van der Waals surface area (Å²) in [5, 5.41) is 4.13. The fourth-order valence-corrected chi connectivity index (χ4v) is 2.71. The number of fused-ring (bicyclic) bond motifs is 1. The van der Waals surface area contributed by atoms with Crippen LogP contribution in [0.1, 0.15) is 17.4 Å². The second kappa shape index (κ2) is 5.34. The molecule has 3 rings (SSSR count). The standard InChI is InChI=1S/C15H12BrFN2O/c1-18-14(10-5-11(17)8-19-7-10)13-6-9-3-2-4-12(16)15(9)20-13/h2-8,14,18H,1H3. The molecular formula is C15H12BrFN2O. The van der Waals surface area contributed by atoms with Gasteiger partial charge in [0.15, 0.2) is 0 Å². The van der Waals surface area contributed by atoms with Gasteiger partial charge < -0.3 is 9.73 Å². The Balaban J connectivity index is 2.09. The van der Waals surface area contributed by atoms with Crippen LogP contribution in [0.2, 0.25) is 0 Å². The van der Waals surface area contributed by atoms with Gasteiger partial charge in [0.25, 0.3) is 0 Å². The molecule has 0 aliphatic rings. The summed E-state index contributed by atoms with van der Waals surface area (Å²) in [6, 6.07) is 9.02. The van der Waals surface area contributed by atoms with Crippen LogP contribution in [0.5, 0.6) is 0 Å². The topological polar surface area (TPSA) is 38.1 Å². The van der Waals surface area contributed by atoms with E-state index in [0.29, 0.717) is 0 Å². The highest BCUT2D eigenvalue weighted by molar-refractivity contribution is 9.10. The molecule has 0 fully saturated rings. The number of para-hydroxylation sites is 1. The van der Waals surface area contributed by atoms with Crippen molar-refractivity contribution in [2.24, 2.45) is 0 Å². The van der Waals surface area contributed by atoms with Gasteiger partial charge in [0.2, 0.25) is 0 Å². The van der Waals surface area contributed by atoms with Gasteiger partial charge in [-0.25, -0.2) is 4.39 Å². The monoisotopic (exact) mass is 334 g/mol. The highest BCUT2D eigenvalue weighted by atomic mass is 79.9. The first-order valence-corrected chi connectivity index (χ1v) is 6.94. The average molecular weight is 335 g/mol. The Morgan fingerprint density at radius 3 is 2.85 bits per heavy atom. The van der Waals surface area contributed by atoms with Crippen LogP contribution in [0.15, 0.2) is 51.6 Å². The van der Waals surface area contributed by atoms with Crippen LogP contribution < -0.4 is 5.32 Å². The van der Waals surface area contributed by atoms with Gasteiger partial charge in [0.05, 0.1) is 16.7 Å². The number of aromatic nitrogens is 1. The minimum absolute atomic E-state index is 0.238. The fraction of sp³-hybridized carbons (Fsp3) is 0.133. The lowest BCUT2D eigenvalue weighted by Gasteiger charge is -2.13. The van der Waals surface area contributed by atoms with Gasteiger partial charge in [-0.15, -0.1) is 0 Å². The van der Waals surface area contributed by atoms with E-state index >= 15 is 0 Å². The molecule has 0 saturated carbocycles. The lowest BCUT2D eigenvalue weighted by atomic mass is 10.1. The molecule has 1 atom stereocenters. The summed E-state index contributed by atoms with van der Waals surface area (Å²) in [5.74, 6) is 0.363. The number of hydrogen-bond acceptors (Lipinski definition) is 3. The Morgan fingerprint density at radius 2 is 2.15 bits per heavy atom. The second-order valence-corrected chi connectivity index (χ2v) is 5.32. The Kier molecular flexibility index (Phi) is 3.54. The van der Waals surface area contributed by atoms with Gasteiger partial charge >= 0.3 is 0 Å². The number of rotatable bonds is 3. The third-order valence-electron chi connectivity index (χ3n) is 3.15. The normalized spacial score (nSPS) is 12.8. The number of pyridine rings is 1. The summed E-state index contributed by atoms with van der Waals surface area (Å²) < 4.78 is 20.1. The molecule has 2 heterocycles. The zero-order valence-electron chi connectivity index (χ0n) is 10.7. The summed E-state index contributed by atoms with van der Waals surface area (Å²) in [4.78, 5) is 3.88. The van der Waals surface area contributed by atoms with Crippen molar-refractivity contribution in [1.82, 2.24) is 10.3 Å². The largest absolute Gasteiger partial charge is 0.458 e. The minimum Gasteiger partial charge on any atom is -0.458 e. The first kappa shape index (κ1) is 13.3. The van der Waals surface area contributed by atoms with Crippen LogP contribution in [0, 0.1) is 5.82 Å². The molecule has 0 aliphatic carbocycles. The van der Waals surface area contributed by atoms with Crippen LogP contribution in [0.25, 0.3) is 11.0 Å². The Morgan fingerprint density at radius 1 is 1.30 bits per heavy atom. The van der Waals surface area contributed by atoms with Crippen molar-refractivity contribution in [3.8, 4) is 0 Å². The van der Waals surface area contributed by atoms with Gasteiger partial charge in [0, 0.05) is 11.6 Å². The smallest absolute Gasteiger partial charge is 0.148 e. The number of nitrogens with zero attached hydrogens (tertiary/aromatic N) is 1. The Hall–Kier alpha value is -1.72. The van der Waals surface area contributed by atoms with Gasteiger partial charge in [-0.2, -0.15) is 0 Å². The van der Waals surface area contributed by atoms with Crippen molar-refractivity contribution in [2.75, 3.05) is 7.05 Å². The van der Waals surface area contributed by atoms with E-state index in [4.69, 9.17) is 4.42 Å². The molecule has 5 heteroatoms. The number of benzene rings is 1. The van der Waals surface area contributed by atoms with Crippen molar-refractivity contribution in [3.05, 3.63) is 64.3 Å². The first-order valence-electron chi connectivity index (χ1n) is 6.14. The molecule has 3 aromatic rings. The van der Waals surface area contributed by atoms with Crippen LogP contribution in [-0.4, -0.2) is 12.0 Å². The van der Waals surface area contributed by atoms with Gasteiger partial charge in [-0.3, -0.25) is 4.98 Å². The van der Waals surface area contributed by atoms with E-state index in [-0.39, 0.29) is 11.9 Å². The molecule has 3 nitrogen and oxygen atoms in total. The van der Waals surface area contributed by atoms with E-state index in [1.165, 1.54) is 12.3 Å². The summed E-state index contributed by atoms with van der Waals surface area (Å²) in [5.41, 5.74) is 1.51. The SMILES string of the molecule is CNC(c1cncc(F)c1)c1cc2cccc(Br)c2o1. The lowest BCUT2D eigenvalue weighted by Crippen LogP contribution is -2.17. The molecule has 0 aliphatic heterocycles. The number of nitrogens with one attached hydrogen (secondary N) is 1. The summed E-state index contributed by atoms with van der Waals surface area (Å²) in [6.45, 7) is 0. The molecular weight excluding hydrogens is 323 g/mol. The number of hydrogen-bond donors (Lipinski definition) is 1. The molecule has 0 radical (unpaired) electrons. The van der Waals surface area contributed by atoms with E-state index in [2.05, 4.69) is 26.2 Å². The molecule has 1 unspecified atom stereocenters. The van der Waals surface area contributed by atoms with Gasteiger partial charge in [0.1, 0.15) is 17.2 Å². The molecule has 102 valence electrons. The Labute approximate surface area is 123 Å². The van der Waals surface area contributed by atoms with E-state index in [9.17, 15) is 4.39 Å². The number of furan rings is 1. The maximum Gasteiger partial charge on any atom is 0.148 e. The summed E-state index contributed by atoms with van der Waals surface area (Å²) >= 11 is 3.46. The van der Waals surface area contributed by atoms with Crippen LogP contribution >= 0.6 is 15.9 Å². The molecule has 0 spiro atoms. The van der Waals surface area contributed by atoms with Crippen molar-refractivity contribution in [1.29, 1.82) is 0 Å². The molecule has 20 heavy (non-hydrogen) atoms. The maximum atomic E-state index is 13.3. The highest BCUT2D eigenvalue weighted by Crippen LogP contribution is 2.31. The highest BCUT2D eigenvalue weighted by Gasteiger charge is 2.18. The Bertz CT molecular complexity index is 756. The summed E-state index contributed by atoms with van der Waals surface area (Å²) in [6.07, 6.45) is 2.82. The predicted octanol–water partition coefficient (Wildman–Crippen LogP) is 4.04. The van der Waals surface area contributed by atoms with Crippen LogP contribution in [-0.2, 0) is 0 Å². The quantitative estimate of drug-likeness (QED) is 0.785. The third kappa shape index (κ3) is 2.34. The molecule has 0 saturated heterocycles. The average Bonchev–Trinajstić information content (AvgIpc) is 2.85. The first-order chi connectivity index (χ1) is 9.69. The van der Waals surface area contributed by atoms with Crippen LogP contribution in [0.4, 0.5) is 4.39 Å². The van der Waals surface area contributed by atoms with E-state index in [1.54, 1.807) is 13.2 Å². The lowest BCUT2D eigenvalue weighted by molar-refractivity contribution is 0.488. The van der Waals surface area contributed by atoms with Crippen molar-refractivity contribution in [2.45, 2.75) is 6.04 Å². The second-order valence-electron chi connectivity index (χ2n) is 4.47. The third-order valence-corrected chi connectivity index (χ3v) is 3.77. The zero-order valence-corrected chi connectivity index (χ0v) is 12.3. The molecule has 0 amide bonds. The molecule has 1 N–H and O–H groups in total. The van der Waals surface area contributed by atoms with E-state index in [1.807, 2.05) is 24.3 Å². The van der Waals surface area contributed by atoms with Crippen molar-refractivity contribution in [3.63, 3.8) is 0 Å². The fourth-order valence-electron chi connectivity index (χ4n) is 2.25. The van der Waals surface area contributed by atoms with E-state index < -0.39 is 0 Å². The molecule has 0 bridgehead atoms. The van der Waals surface area contributed by atoms with Gasteiger partial charge in [-0.05, 0) is 46.7 Å². The number of halogens is 2. The molecule has 2 aromatic heterocycles. The summed E-state index contributed by atoms with van der Waals surface area (Å²) in [7, 11) is 1.80. The maximum absolute atomic E-state index is 13.3. The predicted molar refractivity (Wildman–Crippen MR) is 79.0 cm³/mol.